The zero-order chi connectivity index (χ0) is 18.9. The Morgan fingerprint density at radius 2 is 1.43 bits per heavy atom. The van der Waals surface area contributed by atoms with Crippen LogP contribution < -0.4 is 0 Å². The van der Waals surface area contributed by atoms with Crippen molar-refractivity contribution < 1.29 is 0 Å². The summed E-state index contributed by atoms with van der Waals surface area (Å²) in [5.74, 6) is 0. The quantitative estimate of drug-likeness (QED) is 0.429. The number of pyridine rings is 1. The summed E-state index contributed by atoms with van der Waals surface area (Å²) < 4.78 is 1.93. The number of aromatic nitrogens is 4. The molecule has 2 aromatic carbocycles. The van der Waals surface area contributed by atoms with Crippen LogP contribution in [0.2, 0.25) is 0 Å². The second kappa shape index (κ2) is 6.74. The van der Waals surface area contributed by atoms with Gasteiger partial charge in [-0.3, -0.25) is 4.98 Å². The van der Waals surface area contributed by atoms with Gasteiger partial charge in [0.2, 0.25) is 0 Å². The zero-order valence-corrected chi connectivity index (χ0v) is 15.4. The summed E-state index contributed by atoms with van der Waals surface area (Å²) in [6, 6.07) is 28.6. The van der Waals surface area contributed by atoms with Crippen LogP contribution in [0.15, 0.2) is 91.1 Å². The van der Waals surface area contributed by atoms with Crippen molar-refractivity contribution in [2.24, 2.45) is 0 Å². The highest BCUT2D eigenvalue weighted by atomic mass is 15.3. The minimum atomic E-state index is 0.829. The van der Waals surface area contributed by atoms with Gasteiger partial charge in [-0.1, -0.05) is 66.7 Å². The molecule has 0 radical (unpaired) electrons. The number of nitrogens with zero attached hydrogens (tertiary/aromatic N) is 4. The van der Waals surface area contributed by atoms with Gasteiger partial charge in [0, 0.05) is 23.4 Å². The average molecular weight is 362 g/mol. The summed E-state index contributed by atoms with van der Waals surface area (Å²) in [6.45, 7) is 1.99. The van der Waals surface area contributed by atoms with Crippen LogP contribution in [0.4, 0.5) is 0 Å². The van der Waals surface area contributed by atoms with Gasteiger partial charge in [0.05, 0.1) is 28.3 Å². The third-order valence-electron chi connectivity index (χ3n) is 4.74. The SMILES string of the molecule is Cc1cc2nc(-c3ccccc3)c(-c3ccccn3)c(-c3ccccc3)n2n1. The number of hydrogen-bond donors (Lipinski definition) is 0. The molecule has 0 spiro atoms. The highest BCUT2D eigenvalue weighted by molar-refractivity contribution is 5.91. The van der Waals surface area contributed by atoms with E-state index in [9.17, 15) is 0 Å². The lowest BCUT2D eigenvalue weighted by molar-refractivity contribution is 0.927. The summed E-state index contributed by atoms with van der Waals surface area (Å²) in [5.41, 5.74) is 7.66. The van der Waals surface area contributed by atoms with Crippen molar-refractivity contribution in [2.75, 3.05) is 0 Å². The molecule has 4 nitrogen and oxygen atoms in total. The van der Waals surface area contributed by atoms with E-state index in [1.165, 1.54) is 0 Å². The van der Waals surface area contributed by atoms with Crippen molar-refractivity contribution in [3.63, 3.8) is 0 Å². The molecule has 0 unspecified atom stereocenters. The molecule has 3 heterocycles. The molecule has 0 atom stereocenters. The molecule has 0 saturated carbocycles. The Kier molecular flexibility index (Phi) is 3.95. The van der Waals surface area contributed by atoms with E-state index in [2.05, 4.69) is 29.2 Å². The van der Waals surface area contributed by atoms with E-state index < -0.39 is 0 Å². The normalized spacial score (nSPS) is 11.0. The van der Waals surface area contributed by atoms with Crippen molar-refractivity contribution in [3.05, 3.63) is 96.8 Å². The predicted octanol–water partition coefficient (Wildman–Crippen LogP) is 5.43. The zero-order valence-electron chi connectivity index (χ0n) is 15.4. The van der Waals surface area contributed by atoms with Gasteiger partial charge in [0.15, 0.2) is 5.65 Å². The van der Waals surface area contributed by atoms with E-state index in [1.807, 2.05) is 78.3 Å². The third-order valence-corrected chi connectivity index (χ3v) is 4.74. The van der Waals surface area contributed by atoms with Gasteiger partial charge >= 0.3 is 0 Å². The molecule has 134 valence electrons. The summed E-state index contributed by atoms with van der Waals surface area (Å²) in [7, 11) is 0. The second-order valence-electron chi connectivity index (χ2n) is 6.69. The largest absolute Gasteiger partial charge is 0.256 e. The van der Waals surface area contributed by atoms with Gasteiger partial charge < -0.3 is 0 Å². The van der Waals surface area contributed by atoms with Gasteiger partial charge in [-0.2, -0.15) is 5.10 Å². The Balaban J connectivity index is 1.97. The molecule has 0 N–H and O–H groups in total. The number of aryl methyl sites for hydroxylation is 1. The molecular formula is C24H18N4. The van der Waals surface area contributed by atoms with E-state index >= 15 is 0 Å². The van der Waals surface area contributed by atoms with Crippen LogP contribution in [0.5, 0.6) is 0 Å². The molecule has 0 saturated heterocycles. The van der Waals surface area contributed by atoms with Crippen LogP contribution in [0.1, 0.15) is 5.69 Å². The average Bonchev–Trinajstić information content (AvgIpc) is 3.14. The summed E-state index contributed by atoms with van der Waals surface area (Å²) in [5, 5.41) is 4.74. The lowest BCUT2D eigenvalue weighted by atomic mass is 9.97. The monoisotopic (exact) mass is 362 g/mol. The minimum Gasteiger partial charge on any atom is -0.256 e. The first-order chi connectivity index (χ1) is 13.8. The molecule has 4 heteroatoms. The first-order valence-electron chi connectivity index (χ1n) is 9.24. The lowest BCUT2D eigenvalue weighted by Crippen LogP contribution is -2.03. The lowest BCUT2D eigenvalue weighted by Gasteiger charge is -2.16. The summed E-state index contributed by atoms with van der Waals surface area (Å²) in [4.78, 5) is 9.64. The fourth-order valence-electron chi connectivity index (χ4n) is 3.54. The predicted molar refractivity (Wildman–Crippen MR) is 112 cm³/mol. The molecule has 5 aromatic rings. The standard InChI is InChI=1S/C24H18N4/c1-17-16-21-26-23(18-10-4-2-5-11-18)22(20-14-8-9-15-25-20)24(28(21)27-17)19-12-6-3-7-13-19/h2-16H,1H3. The molecule has 0 aliphatic carbocycles. The van der Waals surface area contributed by atoms with Crippen LogP contribution in [-0.4, -0.2) is 19.6 Å². The van der Waals surface area contributed by atoms with Crippen molar-refractivity contribution in [1.82, 2.24) is 19.6 Å². The Morgan fingerprint density at radius 1 is 0.750 bits per heavy atom. The van der Waals surface area contributed by atoms with Crippen LogP contribution in [0.25, 0.3) is 39.4 Å². The van der Waals surface area contributed by atoms with E-state index in [0.717, 1.165) is 45.1 Å². The molecule has 0 amide bonds. The highest BCUT2D eigenvalue weighted by Crippen LogP contribution is 2.38. The van der Waals surface area contributed by atoms with Crippen LogP contribution in [0, 0.1) is 6.92 Å². The molecule has 28 heavy (non-hydrogen) atoms. The topological polar surface area (TPSA) is 43.1 Å². The Labute approximate surface area is 163 Å². The molecule has 3 aromatic heterocycles. The number of benzene rings is 2. The van der Waals surface area contributed by atoms with Gasteiger partial charge in [-0.15, -0.1) is 0 Å². The van der Waals surface area contributed by atoms with Crippen LogP contribution >= 0.6 is 0 Å². The Hall–Kier alpha value is -3.79. The maximum absolute atomic E-state index is 4.99. The molecule has 0 fully saturated rings. The third kappa shape index (κ3) is 2.76. The first-order valence-corrected chi connectivity index (χ1v) is 9.24. The smallest absolute Gasteiger partial charge is 0.156 e. The molecule has 0 bridgehead atoms. The first kappa shape index (κ1) is 16.4. The number of rotatable bonds is 3. The fourth-order valence-corrected chi connectivity index (χ4v) is 3.54. The van der Waals surface area contributed by atoms with Crippen LogP contribution in [0.3, 0.4) is 0 Å². The van der Waals surface area contributed by atoms with Gasteiger partial charge in [0.1, 0.15) is 0 Å². The fraction of sp³-hybridized carbons (Fsp3) is 0.0417. The van der Waals surface area contributed by atoms with E-state index in [1.54, 1.807) is 0 Å². The van der Waals surface area contributed by atoms with Crippen molar-refractivity contribution in [2.45, 2.75) is 6.92 Å². The molecule has 5 rings (SSSR count). The maximum atomic E-state index is 4.99. The molecule has 0 aliphatic heterocycles. The van der Waals surface area contributed by atoms with Crippen molar-refractivity contribution >= 4 is 5.65 Å². The van der Waals surface area contributed by atoms with Crippen molar-refractivity contribution in [1.29, 1.82) is 0 Å². The number of fused-ring (bicyclic) bond motifs is 1. The summed E-state index contributed by atoms with van der Waals surface area (Å²) >= 11 is 0. The second-order valence-corrected chi connectivity index (χ2v) is 6.69. The van der Waals surface area contributed by atoms with Crippen LogP contribution in [-0.2, 0) is 0 Å². The molecular weight excluding hydrogens is 344 g/mol. The summed E-state index contributed by atoms with van der Waals surface area (Å²) in [6.07, 6.45) is 1.82. The van der Waals surface area contributed by atoms with Gasteiger partial charge in [-0.05, 0) is 19.1 Å². The Morgan fingerprint density at radius 3 is 2.11 bits per heavy atom. The Bertz CT molecular complexity index is 1240. The molecule has 0 aliphatic rings. The van der Waals surface area contributed by atoms with E-state index in [0.29, 0.717) is 0 Å². The van der Waals surface area contributed by atoms with Crippen molar-refractivity contribution in [3.8, 4) is 33.8 Å². The number of hydrogen-bond acceptors (Lipinski definition) is 3. The van der Waals surface area contributed by atoms with E-state index in [-0.39, 0.29) is 0 Å². The minimum absolute atomic E-state index is 0.829. The van der Waals surface area contributed by atoms with Gasteiger partial charge in [-0.25, -0.2) is 9.50 Å². The van der Waals surface area contributed by atoms with E-state index in [4.69, 9.17) is 10.1 Å². The highest BCUT2D eigenvalue weighted by Gasteiger charge is 2.21. The maximum Gasteiger partial charge on any atom is 0.156 e. The van der Waals surface area contributed by atoms with Gasteiger partial charge in [0.25, 0.3) is 0 Å².